The van der Waals surface area contributed by atoms with E-state index in [0.717, 1.165) is 38.2 Å². The quantitative estimate of drug-likeness (QED) is 0.847. The molecule has 6 heteroatoms. The number of ether oxygens (including phenoxy) is 1. The zero-order chi connectivity index (χ0) is 18.1. The average Bonchev–Trinajstić information content (AvgIpc) is 3.22. The minimum atomic E-state index is -0.0137. The van der Waals surface area contributed by atoms with Gasteiger partial charge in [0.2, 0.25) is 11.8 Å². The molecule has 3 heterocycles. The van der Waals surface area contributed by atoms with Crippen molar-refractivity contribution in [3.63, 3.8) is 0 Å². The molecule has 0 bridgehead atoms. The van der Waals surface area contributed by atoms with Gasteiger partial charge in [-0.05, 0) is 32.3 Å². The van der Waals surface area contributed by atoms with Crippen LogP contribution in [-0.4, -0.2) is 47.3 Å². The molecule has 2 aromatic rings. The SMILES string of the molecule is Cc1ccc(CC(=O)N2CC(c3nc(C)no3)C3(CCOCC3)C2)cc1. The van der Waals surface area contributed by atoms with Crippen LogP contribution in [0.4, 0.5) is 0 Å². The third kappa shape index (κ3) is 3.26. The number of amides is 1. The van der Waals surface area contributed by atoms with E-state index in [4.69, 9.17) is 9.26 Å². The number of carbonyl (C=O) groups is 1. The second kappa shape index (κ2) is 6.83. The molecule has 1 spiro atoms. The summed E-state index contributed by atoms with van der Waals surface area (Å²) in [5, 5.41) is 3.96. The van der Waals surface area contributed by atoms with Crippen LogP contribution in [0.3, 0.4) is 0 Å². The van der Waals surface area contributed by atoms with Gasteiger partial charge in [-0.15, -0.1) is 0 Å². The van der Waals surface area contributed by atoms with Gasteiger partial charge in [0, 0.05) is 31.7 Å². The first-order chi connectivity index (χ1) is 12.6. The Morgan fingerprint density at radius 2 is 1.96 bits per heavy atom. The van der Waals surface area contributed by atoms with Crippen LogP contribution >= 0.6 is 0 Å². The standard InChI is InChI=1S/C20H25N3O3/c1-14-3-5-16(6-4-14)11-18(24)23-12-17(19-21-15(2)22-26-19)20(13-23)7-9-25-10-8-20/h3-6,17H,7-13H2,1-2H3. The Morgan fingerprint density at radius 1 is 1.23 bits per heavy atom. The Bertz CT molecular complexity index is 778. The van der Waals surface area contributed by atoms with Crippen LogP contribution in [0.2, 0.25) is 0 Å². The molecule has 1 amide bonds. The van der Waals surface area contributed by atoms with Crippen LogP contribution in [0, 0.1) is 19.3 Å². The number of likely N-dealkylation sites (tertiary alicyclic amines) is 1. The molecule has 2 fully saturated rings. The van der Waals surface area contributed by atoms with Crippen LogP contribution in [0.1, 0.15) is 41.6 Å². The summed E-state index contributed by atoms with van der Waals surface area (Å²) >= 11 is 0. The van der Waals surface area contributed by atoms with Crippen molar-refractivity contribution in [2.45, 2.75) is 39.0 Å². The van der Waals surface area contributed by atoms with E-state index in [1.807, 2.05) is 24.0 Å². The summed E-state index contributed by atoms with van der Waals surface area (Å²) in [6, 6.07) is 8.17. The Labute approximate surface area is 153 Å². The number of aromatic nitrogens is 2. The van der Waals surface area contributed by atoms with E-state index in [2.05, 4.69) is 29.2 Å². The number of hydrogen-bond donors (Lipinski definition) is 0. The molecule has 26 heavy (non-hydrogen) atoms. The molecule has 0 N–H and O–H groups in total. The van der Waals surface area contributed by atoms with E-state index < -0.39 is 0 Å². The van der Waals surface area contributed by atoms with Crippen molar-refractivity contribution in [3.8, 4) is 0 Å². The van der Waals surface area contributed by atoms with Crippen LogP contribution in [0.5, 0.6) is 0 Å². The molecule has 2 aliphatic rings. The molecule has 1 aromatic heterocycles. The maximum Gasteiger partial charge on any atom is 0.232 e. The summed E-state index contributed by atoms with van der Waals surface area (Å²) in [4.78, 5) is 19.4. The Balaban J connectivity index is 1.54. The lowest BCUT2D eigenvalue weighted by Gasteiger charge is -2.36. The zero-order valence-electron chi connectivity index (χ0n) is 15.4. The highest BCUT2D eigenvalue weighted by molar-refractivity contribution is 5.79. The van der Waals surface area contributed by atoms with Crippen molar-refractivity contribution >= 4 is 5.91 Å². The van der Waals surface area contributed by atoms with E-state index in [9.17, 15) is 4.79 Å². The van der Waals surface area contributed by atoms with E-state index in [0.29, 0.717) is 24.7 Å². The Kier molecular flexibility index (Phi) is 4.53. The molecule has 138 valence electrons. The molecule has 0 radical (unpaired) electrons. The maximum absolute atomic E-state index is 12.9. The first kappa shape index (κ1) is 17.2. The van der Waals surface area contributed by atoms with Crippen molar-refractivity contribution < 1.29 is 14.1 Å². The van der Waals surface area contributed by atoms with Crippen LogP contribution in [0.25, 0.3) is 0 Å². The largest absolute Gasteiger partial charge is 0.381 e. The van der Waals surface area contributed by atoms with E-state index in [1.54, 1.807) is 0 Å². The minimum absolute atomic E-state index is 0.0137. The Morgan fingerprint density at radius 3 is 2.62 bits per heavy atom. The molecule has 2 saturated heterocycles. The predicted molar refractivity (Wildman–Crippen MR) is 95.7 cm³/mol. The summed E-state index contributed by atoms with van der Waals surface area (Å²) in [7, 11) is 0. The first-order valence-electron chi connectivity index (χ1n) is 9.27. The molecule has 6 nitrogen and oxygen atoms in total. The lowest BCUT2D eigenvalue weighted by atomic mass is 9.72. The molecule has 2 aliphatic heterocycles. The van der Waals surface area contributed by atoms with Gasteiger partial charge in [0.15, 0.2) is 5.82 Å². The number of hydrogen-bond acceptors (Lipinski definition) is 5. The van der Waals surface area contributed by atoms with Gasteiger partial charge < -0.3 is 14.2 Å². The van der Waals surface area contributed by atoms with Crippen LogP contribution in [0.15, 0.2) is 28.8 Å². The van der Waals surface area contributed by atoms with Gasteiger partial charge in [-0.1, -0.05) is 35.0 Å². The smallest absolute Gasteiger partial charge is 0.232 e. The summed E-state index contributed by atoms with van der Waals surface area (Å²) in [6.45, 7) is 6.73. The lowest BCUT2D eigenvalue weighted by molar-refractivity contribution is -0.130. The summed E-state index contributed by atoms with van der Waals surface area (Å²) < 4.78 is 11.1. The van der Waals surface area contributed by atoms with E-state index in [-0.39, 0.29) is 17.2 Å². The van der Waals surface area contributed by atoms with E-state index >= 15 is 0 Å². The van der Waals surface area contributed by atoms with Crippen LogP contribution < -0.4 is 0 Å². The van der Waals surface area contributed by atoms with Crippen molar-refractivity contribution in [1.82, 2.24) is 15.0 Å². The fourth-order valence-electron chi connectivity index (χ4n) is 4.23. The highest BCUT2D eigenvalue weighted by Gasteiger charge is 2.51. The van der Waals surface area contributed by atoms with Gasteiger partial charge in [-0.25, -0.2) is 0 Å². The number of nitrogens with zero attached hydrogens (tertiary/aromatic N) is 3. The van der Waals surface area contributed by atoms with Crippen molar-refractivity contribution in [2.75, 3.05) is 26.3 Å². The summed E-state index contributed by atoms with van der Waals surface area (Å²) in [5.74, 6) is 1.56. The van der Waals surface area contributed by atoms with Gasteiger partial charge in [0.25, 0.3) is 0 Å². The van der Waals surface area contributed by atoms with Crippen molar-refractivity contribution in [2.24, 2.45) is 5.41 Å². The van der Waals surface area contributed by atoms with Gasteiger partial charge in [0.05, 0.1) is 12.3 Å². The van der Waals surface area contributed by atoms with Gasteiger partial charge in [-0.2, -0.15) is 4.98 Å². The molecular formula is C20H25N3O3. The summed E-state index contributed by atoms with van der Waals surface area (Å²) in [5.41, 5.74) is 2.24. The third-order valence-corrected chi connectivity index (χ3v) is 5.81. The highest BCUT2D eigenvalue weighted by Crippen LogP contribution is 2.49. The third-order valence-electron chi connectivity index (χ3n) is 5.81. The van der Waals surface area contributed by atoms with E-state index in [1.165, 1.54) is 5.56 Å². The minimum Gasteiger partial charge on any atom is -0.381 e. The fourth-order valence-corrected chi connectivity index (χ4v) is 4.23. The Hall–Kier alpha value is -2.21. The first-order valence-corrected chi connectivity index (χ1v) is 9.27. The monoisotopic (exact) mass is 355 g/mol. The molecule has 4 rings (SSSR count). The molecule has 0 saturated carbocycles. The number of carbonyl (C=O) groups excluding carboxylic acids is 1. The number of benzene rings is 1. The zero-order valence-corrected chi connectivity index (χ0v) is 15.4. The molecular weight excluding hydrogens is 330 g/mol. The number of rotatable bonds is 3. The molecule has 1 unspecified atom stereocenters. The van der Waals surface area contributed by atoms with Gasteiger partial charge >= 0.3 is 0 Å². The number of aryl methyl sites for hydroxylation is 2. The molecule has 0 aliphatic carbocycles. The average molecular weight is 355 g/mol. The highest BCUT2D eigenvalue weighted by atomic mass is 16.5. The van der Waals surface area contributed by atoms with Gasteiger partial charge in [-0.3, -0.25) is 4.79 Å². The molecule has 1 atom stereocenters. The normalized spacial score (nSPS) is 22.1. The molecule has 1 aromatic carbocycles. The second-order valence-corrected chi connectivity index (χ2v) is 7.64. The van der Waals surface area contributed by atoms with Crippen molar-refractivity contribution in [3.05, 3.63) is 47.1 Å². The van der Waals surface area contributed by atoms with Crippen molar-refractivity contribution in [1.29, 1.82) is 0 Å². The second-order valence-electron chi connectivity index (χ2n) is 7.64. The van der Waals surface area contributed by atoms with Gasteiger partial charge in [0.1, 0.15) is 0 Å². The topological polar surface area (TPSA) is 68.5 Å². The lowest BCUT2D eigenvalue weighted by Crippen LogP contribution is -2.37. The predicted octanol–water partition coefficient (Wildman–Crippen LogP) is 2.65. The fraction of sp³-hybridized carbons (Fsp3) is 0.550. The maximum atomic E-state index is 12.9. The van der Waals surface area contributed by atoms with Crippen LogP contribution in [-0.2, 0) is 16.0 Å². The summed E-state index contributed by atoms with van der Waals surface area (Å²) in [6.07, 6.45) is 2.28.